The van der Waals surface area contributed by atoms with E-state index >= 15 is 0 Å². The van der Waals surface area contributed by atoms with E-state index in [9.17, 15) is 19.7 Å². The van der Waals surface area contributed by atoms with Crippen LogP contribution in [0, 0.1) is 17.0 Å². The third-order valence-corrected chi connectivity index (χ3v) is 6.17. The molecule has 4 rings (SSSR count). The summed E-state index contributed by atoms with van der Waals surface area (Å²) in [6.45, 7) is 6.84. The van der Waals surface area contributed by atoms with Gasteiger partial charge in [0, 0.05) is 74.8 Å². The largest absolute Gasteiger partial charge is 0.378 e. The van der Waals surface area contributed by atoms with Gasteiger partial charge in [-0.1, -0.05) is 0 Å². The number of anilines is 2. The van der Waals surface area contributed by atoms with Crippen LogP contribution >= 0.6 is 0 Å². The van der Waals surface area contributed by atoms with Crippen molar-refractivity contribution in [2.45, 2.75) is 19.8 Å². The van der Waals surface area contributed by atoms with Gasteiger partial charge in [0.2, 0.25) is 11.9 Å². The van der Waals surface area contributed by atoms with Crippen molar-refractivity contribution in [2.24, 2.45) is 0 Å². The number of nitrogens with zero attached hydrogens (tertiary/aromatic N) is 5. The topological polar surface area (TPSA) is 125 Å². The molecule has 176 valence electrons. The highest BCUT2D eigenvalue weighted by Crippen LogP contribution is 2.21. The lowest BCUT2D eigenvalue weighted by atomic mass is 10.1. The Morgan fingerprint density at radius 2 is 1.76 bits per heavy atom. The number of hydrogen-bond acceptors (Lipinski definition) is 8. The number of benzene rings is 1. The molecule has 2 aromatic rings. The molecule has 11 heteroatoms. The van der Waals surface area contributed by atoms with Gasteiger partial charge >= 0.3 is 0 Å². The van der Waals surface area contributed by atoms with Crippen LogP contribution in [-0.4, -0.2) is 78.2 Å². The van der Waals surface area contributed by atoms with E-state index in [2.05, 4.69) is 14.9 Å². The van der Waals surface area contributed by atoms with Crippen LogP contribution in [0.3, 0.4) is 0 Å². The molecule has 33 heavy (non-hydrogen) atoms. The molecule has 0 saturated carbocycles. The summed E-state index contributed by atoms with van der Waals surface area (Å²) >= 11 is 0. The van der Waals surface area contributed by atoms with Crippen LogP contribution in [0.1, 0.15) is 17.7 Å². The number of piperazine rings is 1. The molecular formula is C22H28N6O5. The maximum Gasteiger partial charge on any atom is 0.269 e. The first kappa shape index (κ1) is 22.7. The van der Waals surface area contributed by atoms with E-state index in [1.807, 2.05) is 11.8 Å². The second-order valence-electron chi connectivity index (χ2n) is 8.19. The number of morpholine rings is 1. The van der Waals surface area contributed by atoms with Crippen molar-refractivity contribution in [3.05, 3.63) is 56.0 Å². The quantitative estimate of drug-likeness (QED) is 0.506. The number of hydrogen-bond donors (Lipinski definition) is 1. The van der Waals surface area contributed by atoms with E-state index in [4.69, 9.17) is 4.74 Å². The lowest BCUT2D eigenvalue weighted by Crippen LogP contribution is -2.48. The van der Waals surface area contributed by atoms with Gasteiger partial charge in [-0.05, 0) is 25.5 Å². The molecule has 1 amide bonds. The zero-order valence-electron chi connectivity index (χ0n) is 18.7. The molecule has 0 aliphatic carbocycles. The minimum atomic E-state index is -0.418. The van der Waals surface area contributed by atoms with Gasteiger partial charge in [-0.15, -0.1) is 0 Å². The summed E-state index contributed by atoms with van der Waals surface area (Å²) in [7, 11) is 0. The number of nitro benzene ring substituents is 1. The Morgan fingerprint density at radius 1 is 1.09 bits per heavy atom. The third kappa shape index (κ3) is 5.30. The van der Waals surface area contributed by atoms with E-state index in [0.717, 1.165) is 5.69 Å². The Kier molecular flexibility index (Phi) is 6.87. The molecule has 2 aliphatic heterocycles. The van der Waals surface area contributed by atoms with Crippen molar-refractivity contribution in [1.29, 1.82) is 0 Å². The number of ether oxygens (including phenoxy) is 1. The van der Waals surface area contributed by atoms with Crippen molar-refractivity contribution >= 4 is 23.2 Å². The van der Waals surface area contributed by atoms with Gasteiger partial charge in [-0.3, -0.25) is 24.7 Å². The molecule has 0 unspecified atom stereocenters. The highest BCUT2D eigenvalue weighted by molar-refractivity contribution is 5.77. The number of nitro groups is 1. The molecule has 0 spiro atoms. The number of non-ortho nitro benzene ring substituents is 1. The van der Waals surface area contributed by atoms with E-state index < -0.39 is 4.92 Å². The molecule has 0 atom stereocenters. The maximum absolute atomic E-state index is 12.7. The minimum Gasteiger partial charge on any atom is -0.378 e. The number of H-pyrrole nitrogens is 1. The first-order valence-corrected chi connectivity index (χ1v) is 11.1. The van der Waals surface area contributed by atoms with Crippen LogP contribution in [0.4, 0.5) is 17.3 Å². The van der Waals surface area contributed by atoms with Gasteiger partial charge in [0.25, 0.3) is 11.2 Å². The molecule has 2 aliphatic rings. The predicted octanol–water partition coefficient (Wildman–Crippen LogP) is 1.10. The van der Waals surface area contributed by atoms with Crippen LogP contribution in [0.5, 0.6) is 0 Å². The number of aromatic nitrogens is 2. The maximum atomic E-state index is 12.7. The van der Waals surface area contributed by atoms with Crippen molar-refractivity contribution in [3.63, 3.8) is 0 Å². The summed E-state index contributed by atoms with van der Waals surface area (Å²) in [6.07, 6.45) is 0.596. The van der Waals surface area contributed by atoms with Crippen LogP contribution in [-0.2, 0) is 16.0 Å². The zero-order chi connectivity index (χ0) is 23.4. The van der Waals surface area contributed by atoms with Gasteiger partial charge in [-0.2, -0.15) is 0 Å². The Labute approximate surface area is 191 Å². The van der Waals surface area contributed by atoms with E-state index in [1.54, 1.807) is 17.0 Å². The summed E-state index contributed by atoms with van der Waals surface area (Å²) in [5.41, 5.74) is 1.97. The zero-order valence-corrected chi connectivity index (χ0v) is 18.7. The molecule has 1 aromatic heterocycles. The van der Waals surface area contributed by atoms with Crippen LogP contribution < -0.4 is 15.4 Å². The third-order valence-electron chi connectivity index (χ3n) is 6.17. The van der Waals surface area contributed by atoms with Crippen molar-refractivity contribution in [2.75, 3.05) is 62.3 Å². The summed E-state index contributed by atoms with van der Waals surface area (Å²) in [5, 5.41) is 10.8. The molecular weight excluding hydrogens is 428 g/mol. The first-order chi connectivity index (χ1) is 15.9. The molecule has 2 saturated heterocycles. The summed E-state index contributed by atoms with van der Waals surface area (Å²) < 4.78 is 5.34. The fourth-order valence-electron chi connectivity index (χ4n) is 4.20. The molecule has 3 heterocycles. The van der Waals surface area contributed by atoms with E-state index in [0.29, 0.717) is 76.1 Å². The second kappa shape index (κ2) is 9.99. The molecule has 0 radical (unpaired) electrons. The average molecular weight is 457 g/mol. The Balaban J connectivity index is 1.30. The summed E-state index contributed by atoms with van der Waals surface area (Å²) in [5.74, 6) is 0.563. The van der Waals surface area contributed by atoms with E-state index in [-0.39, 0.29) is 23.6 Å². The van der Waals surface area contributed by atoms with Crippen molar-refractivity contribution < 1.29 is 14.5 Å². The fraction of sp³-hybridized carbons (Fsp3) is 0.500. The van der Waals surface area contributed by atoms with Gasteiger partial charge in [-0.25, -0.2) is 4.98 Å². The SMILES string of the molecule is Cc1nc(N2CCOCC2)[nH]c(=O)c1CCC(=O)N1CCN(c2ccc([N+](=O)[O-])cc2)CC1. The Morgan fingerprint density at radius 3 is 2.36 bits per heavy atom. The van der Waals surface area contributed by atoms with Crippen LogP contribution in [0.2, 0.25) is 0 Å². The van der Waals surface area contributed by atoms with Crippen molar-refractivity contribution in [3.8, 4) is 0 Å². The van der Waals surface area contributed by atoms with E-state index in [1.165, 1.54) is 12.1 Å². The number of nitrogens with one attached hydrogen (secondary N) is 1. The number of carbonyl (C=O) groups excluding carboxylic acids is 1. The number of amides is 1. The predicted molar refractivity (Wildman–Crippen MR) is 123 cm³/mol. The fourth-order valence-corrected chi connectivity index (χ4v) is 4.20. The van der Waals surface area contributed by atoms with Crippen LogP contribution in [0.15, 0.2) is 29.1 Å². The van der Waals surface area contributed by atoms with Crippen molar-refractivity contribution in [1.82, 2.24) is 14.9 Å². The normalized spacial score (nSPS) is 16.7. The second-order valence-corrected chi connectivity index (χ2v) is 8.19. The number of carbonyl (C=O) groups is 1. The van der Waals surface area contributed by atoms with Gasteiger partial charge < -0.3 is 19.4 Å². The first-order valence-electron chi connectivity index (χ1n) is 11.1. The standard InChI is InChI=1S/C22H28N6O5/c1-16-19(21(30)24-22(23-16)27-12-14-33-15-13-27)6-7-20(29)26-10-8-25(9-11-26)17-2-4-18(5-3-17)28(31)32/h2-5H,6-15H2,1H3,(H,23,24,30). The highest BCUT2D eigenvalue weighted by Gasteiger charge is 2.23. The summed E-state index contributed by atoms with van der Waals surface area (Å²) in [6, 6.07) is 6.45. The monoisotopic (exact) mass is 456 g/mol. The van der Waals surface area contributed by atoms with Crippen LogP contribution in [0.25, 0.3) is 0 Å². The highest BCUT2D eigenvalue weighted by atomic mass is 16.6. The minimum absolute atomic E-state index is 0.00871. The lowest BCUT2D eigenvalue weighted by Gasteiger charge is -2.36. The molecule has 1 aromatic carbocycles. The Bertz CT molecular complexity index is 1060. The molecule has 2 fully saturated rings. The molecule has 0 bridgehead atoms. The number of aryl methyl sites for hydroxylation is 1. The Hall–Kier alpha value is -3.47. The van der Waals surface area contributed by atoms with Gasteiger partial charge in [0.05, 0.1) is 18.1 Å². The van der Waals surface area contributed by atoms with Gasteiger partial charge in [0.1, 0.15) is 0 Å². The molecule has 1 N–H and O–H groups in total. The number of aromatic amines is 1. The smallest absolute Gasteiger partial charge is 0.269 e. The molecule has 11 nitrogen and oxygen atoms in total. The average Bonchev–Trinajstić information content (AvgIpc) is 2.84. The number of rotatable bonds is 6. The van der Waals surface area contributed by atoms with Gasteiger partial charge in [0.15, 0.2) is 0 Å². The lowest BCUT2D eigenvalue weighted by molar-refractivity contribution is -0.384. The summed E-state index contributed by atoms with van der Waals surface area (Å²) in [4.78, 5) is 49.1.